The summed E-state index contributed by atoms with van der Waals surface area (Å²) in [5, 5.41) is 2.73. The zero-order chi connectivity index (χ0) is 15.8. The first-order valence-corrected chi connectivity index (χ1v) is 7.08. The summed E-state index contributed by atoms with van der Waals surface area (Å²) in [5.74, 6) is 1.18. The molecule has 0 bridgehead atoms. The van der Waals surface area contributed by atoms with E-state index in [1.807, 2.05) is 43.3 Å². The molecule has 0 aromatic heterocycles. The number of nitrogen functional groups attached to an aromatic ring is 1. The van der Waals surface area contributed by atoms with Crippen LogP contribution in [0.1, 0.15) is 5.56 Å². The van der Waals surface area contributed by atoms with Crippen LogP contribution in [0.15, 0.2) is 48.5 Å². The molecule has 2 rings (SSSR count). The average molecular weight is 300 g/mol. The van der Waals surface area contributed by atoms with Crippen molar-refractivity contribution in [2.75, 3.05) is 25.5 Å². The van der Waals surface area contributed by atoms with Crippen LogP contribution >= 0.6 is 0 Å². The number of anilines is 1. The van der Waals surface area contributed by atoms with Gasteiger partial charge in [-0.15, -0.1) is 0 Å². The second-order valence-corrected chi connectivity index (χ2v) is 4.87. The Morgan fingerprint density at radius 3 is 2.59 bits per heavy atom. The predicted molar refractivity (Wildman–Crippen MR) is 86.0 cm³/mol. The summed E-state index contributed by atoms with van der Waals surface area (Å²) in [6.45, 7) is 2.77. The van der Waals surface area contributed by atoms with Crippen molar-refractivity contribution in [1.29, 1.82) is 0 Å². The number of nitrogens with one attached hydrogen (secondary N) is 1. The van der Waals surface area contributed by atoms with Crippen LogP contribution in [0.2, 0.25) is 0 Å². The second kappa shape index (κ2) is 7.93. The van der Waals surface area contributed by atoms with Gasteiger partial charge in [0.2, 0.25) is 0 Å². The molecule has 5 heteroatoms. The molecule has 0 aliphatic carbocycles. The molecule has 0 aliphatic rings. The molecule has 0 radical (unpaired) electrons. The Labute approximate surface area is 130 Å². The van der Waals surface area contributed by atoms with Gasteiger partial charge in [-0.2, -0.15) is 0 Å². The smallest absolute Gasteiger partial charge is 0.258 e. The molecule has 0 saturated heterocycles. The Morgan fingerprint density at radius 1 is 1.09 bits per heavy atom. The normalized spacial score (nSPS) is 10.0. The van der Waals surface area contributed by atoms with Crippen molar-refractivity contribution in [3.05, 3.63) is 54.1 Å². The van der Waals surface area contributed by atoms with Gasteiger partial charge < -0.3 is 20.5 Å². The molecule has 2 aromatic carbocycles. The molecule has 0 heterocycles. The highest BCUT2D eigenvalue weighted by molar-refractivity contribution is 5.77. The highest BCUT2D eigenvalue weighted by Gasteiger charge is 2.02. The first-order chi connectivity index (χ1) is 10.6. The van der Waals surface area contributed by atoms with Crippen LogP contribution < -0.4 is 20.5 Å². The molecule has 0 aliphatic heterocycles. The van der Waals surface area contributed by atoms with E-state index in [-0.39, 0.29) is 12.5 Å². The van der Waals surface area contributed by atoms with Crippen LogP contribution in [0.4, 0.5) is 5.69 Å². The van der Waals surface area contributed by atoms with E-state index in [1.54, 1.807) is 12.1 Å². The lowest BCUT2D eigenvalue weighted by atomic mass is 10.2. The minimum atomic E-state index is -0.184. The van der Waals surface area contributed by atoms with Gasteiger partial charge in [-0.3, -0.25) is 4.79 Å². The molecule has 22 heavy (non-hydrogen) atoms. The fraction of sp³-hybridized carbons (Fsp3) is 0.235. The molecule has 0 unspecified atom stereocenters. The maximum absolute atomic E-state index is 11.6. The summed E-state index contributed by atoms with van der Waals surface area (Å²) in [6, 6.07) is 14.7. The number of rotatable bonds is 7. The Kier molecular flexibility index (Phi) is 5.65. The molecule has 5 nitrogen and oxygen atoms in total. The van der Waals surface area contributed by atoms with Crippen LogP contribution in [0.5, 0.6) is 11.5 Å². The van der Waals surface area contributed by atoms with Crippen LogP contribution in [0.25, 0.3) is 0 Å². The lowest BCUT2D eigenvalue weighted by Crippen LogP contribution is -2.32. The Balaban J connectivity index is 1.62. The lowest BCUT2D eigenvalue weighted by Gasteiger charge is -2.09. The fourth-order valence-electron chi connectivity index (χ4n) is 1.80. The van der Waals surface area contributed by atoms with Crippen molar-refractivity contribution in [2.24, 2.45) is 0 Å². The quantitative estimate of drug-likeness (QED) is 0.607. The molecule has 116 valence electrons. The van der Waals surface area contributed by atoms with E-state index < -0.39 is 0 Å². The molecular weight excluding hydrogens is 280 g/mol. The number of carbonyl (C=O) groups is 1. The number of carbonyl (C=O) groups excluding carboxylic acids is 1. The molecule has 0 saturated carbocycles. The number of benzene rings is 2. The lowest BCUT2D eigenvalue weighted by molar-refractivity contribution is -0.123. The van der Waals surface area contributed by atoms with E-state index in [0.29, 0.717) is 30.3 Å². The minimum Gasteiger partial charge on any atom is -0.492 e. The molecule has 3 N–H and O–H groups in total. The van der Waals surface area contributed by atoms with Crippen molar-refractivity contribution >= 4 is 11.6 Å². The molecule has 0 atom stereocenters. The van der Waals surface area contributed by atoms with E-state index in [0.717, 1.165) is 5.56 Å². The summed E-state index contributed by atoms with van der Waals surface area (Å²) >= 11 is 0. The van der Waals surface area contributed by atoms with Gasteiger partial charge in [-0.05, 0) is 31.2 Å². The van der Waals surface area contributed by atoms with E-state index in [1.165, 1.54) is 0 Å². The molecule has 2 aromatic rings. The Bertz CT molecular complexity index is 612. The third-order valence-electron chi connectivity index (χ3n) is 2.94. The van der Waals surface area contributed by atoms with Crippen LogP contribution in [0, 0.1) is 6.92 Å². The van der Waals surface area contributed by atoms with Crippen LogP contribution in [-0.4, -0.2) is 25.7 Å². The van der Waals surface area contributed by atoms with E-state index in [4.69, 9.17) is 15.2 Å². The molecule has 1 amide bonds. The summed E-state index contributed by atoms with van der Waals surface area (Å²) in [7, 11) is 0. The third-order valence-corrected chi connectivity index (χ3v) is 2.94. The van der Waals surface area contributed by atoms with Gasteiger partial charge in [-0.1, -0.05) is 23.8 Å². The topological polar surface area (TPSA) is 73.6 Å². The first-order valence-electron chi connectivity index (χ1n) is 7.08. The molecule has 0 fully saturated rings. The monoisotopic (exact) mass is 300 g/mol. The molecule has 0 spiro atoms. The zero-order valence-electron chi connectivity index (χ0n) is 12.5. The number of hydrogen-bond acceptors (Lipinski definition) is 4. The largest absolute Gasteiger partial charge is 0.492 e. The summed E-state index contributed by atoms with van der Waals surface area (Å²) in [6.07, 6.45) is 0. The summed E-state index contributed by atoms with van der Waals surface area (Å²) < 4.78 is 10.9. The zero-order valence-corrected chi connectivity index (χ0v) is 12.5. The summed E-state index contributed by atoms with van der Waals surface area (Å²) in [4.78, 5) is 11.6. The van der Waals surface area contributed by atoms with E-state index in [9.17, 15) is 4.79 Å². The van der Waals surface area contributed by atoms with Crippen LogP contribution in [-0.2, 0) is 4.79 Å². The highest BCUT2D eigenvalue weighted by Crippen LogP contribution is 2.14. The third kappa shape index (κ3) is 5.36. The number of aryl methyl sites for hydroxylation is 1. The number of nitrogens with two attached hydrogens (primary N) is 1. The SMILES string of the molecule is Cc1ccc(OCC(=O)NCCOc2cccc(N)c2)cc1. The van der Waals surface area contributed by atoms with Gasteiger partial charge >= 0.3 is 0 Å². The first kappa shape index (κ1) is 15.7. The van der Waals surface area contributed by atoms with Gasteiger partial charge in [0, 0.05) is 11.8 Å². The van der Waals surface area contributed by atoms with Crippen molar-refractivity contribution in [3.8, 4) is 11.5 Å². The van der Waals surface area contributed by atoms with Crippen molar-refractivity contribution in [1.82, 2.24) is 5.32 Å². The maximum Gasteiger partial charge on any atom is 0.258 e. The van der Waals surface area contributed by atoms with Gasteiger partial charge in [0.1, 0.15) is 18.1 Å². The number of ether oxygens (including phenoxy) is 2. The van der Waals surface area contributed by atoms with Crippen LogP contribution in [0.3, 0.4) is 0 Å². The van der Waals surface area contributed by atoms with Gasteiger partial charge in [0.25, 0.3) is 5.91 Å². The van der Waals surface area contributed by atoms with E-state index in [2.05, 4.69) is 5.32 Å². The maximum atomic E-state index is 11.6. The van der Waals surface area contributed by atoms with Crippen molar-refractivity contribution in [2.45, 2.75) is 6.92 Å². The van der Waals surface area contributed by atoms with E-state index >= 15 is 0 Å². The second-order valence-electron chi connectivity index (χ2n) is 4.87. The van der Waals surface area contributed by atoms with Crippen molar-refractivity contribution < 1.29 is 14.3 Å². The summed E-state index contributed by atoms with van der Waals surface area (Å²) in [5.41, 5.74) is 7.44. The standard InChI is InChI=1S/C17H20N2O3/c1-13-5-7-15(8-6-13)22-12-17(20)19-9-10-21-16-4-2-3-14(18)11-16/h2-8,11H,9-10,12,18H2,1H3,(H,19,20). The number of amides is 1. The number of hydrogen-bond donors (Lipinski definition) is 2. The molecular formula is C17H20N2O3. The fourth-order valence-corrected chi connectivity index (χ4v) is 1.80. The van der Waals surface area contributed by atoms with Gasteiger partial charge in [0.15, 0.2) is 6.61 Å². The Hall–Kier alpha value is -2.69. The average Bonchev–Trinajstić information content (AvgIpc) is 2.51. The Morgan fingerprint density at radius 2 is 1.86 bits per heavy atom. The predicted octanol–water partition coefficient (Wildman–Crippen LogP) is 2.15. The van der Waals surface area contributed by atoms with Gasteiger partial charge in [0.05, 0.1) is 6.54 Å². The minimum absolute atomic E-state index is 0.0126. The van der Waals surface area contributed by atoms with Crippen molar-refractivity contribution in [3.63, 3.8) is 0 Å². The van der Waals surface area contributed by atoms with Gasteiger partial charge in [-0.25, -0.2) is 0 Å². The highest BCUT2D eigenvalue weighted by atomic mass is 16.5.